The molecule has 150 valence electrons. The van der Waals surface area contributed by atoms with Crippen LogP contribution in [0.4, 0.5) is 10.5 Å². The number of hydrogen-bond acceptors (Lipinski definition) is 4. The van der Waals surface area contributed by atoms with E-state index in [1.807, 2.05) is 0 Å². The van der Waals surface area contributed by atoms with Crippen molar-refractivity contribution in [1.82, 2.24) is 0 Å². The van der Waals surface area contributed by atoms with Crippen LogP contribution in [0.5, 0.6) is 0 Å². The average molecular weight is 443 g/mol. The summed E-state index contributed by atoms with van der Waals surface area (Å²) >= 11 is 11.7. The van der Waals surface area contributed by atoms with E-state index >= 15 is 0 Å². The molecule has 2 aromatic carbocycles. The van der Waals surface area contributed by atoms with Crippen LogP contribution in [0.2, 0.25) is 10.0 Å². The summed E-state index contributed by atoms with van der Waals surface area (Å²) in [6, 6.07) is 13.3. The number of aromatic carboxylic acids is 1. The summed E-state index contributed by atoms with van der Waals surface area (Å²) in [5.74, 6) is -0.897. The van der Waals surface area contributed by atoms with Gasteiger partial charge in [-0.25, -0.2) is 14.5 Å². The van der Waals surface area contributed by atoms with E-state index in [1.54, 1.807) is 42.5 Å². The summed E-state index contributed by atoms with van der Waals surface area (Å²) in [6.45, 7) is 0. The van der Waals surface area contributed by atoms with Gasteiger partial charge in [0.15, 0.2) is 0 Å². The Morgan fingerprint density at radius 2 is 1.77 bits per heavy atom. The second kappa shape index (κ2) is 7.78. The van der Waals surface area contributed by atoms with Crippen molar-refractivity contribution in [2.75, 3.05) is 4.90 Å². The fraction of sp³-hybridized carbons (Fsp3) is 0.0476. The summed E-state index contributed by atoms with van der Waals surface area (Å²) in [5, 5.41) is 9.81. The van der Waals surface area contributed by atoms with Crippen LogP contribution >= 0.6 is 23.2 Å². The number of carbonyl (C=O) groups excluding carboxylic acids is 2. The molecule has 0 saturated heterocycles. The van der Waals surface area contributed by atoms with Gasteiger partial charge in [-0.3, -0.25) is 4.79 Å². The Balaban J connectivity index is 1.54. The second-order valence-electron chi connectivity index (χ2n) is 6.40. The van der Waals surface area contributed by atoms with Crippen molar-refractivity contribution in [2.24, 2.45) is 4.99 Å². The summed E-state index contributed by atoms with van der Waals surface area (Å²) in [4.78, 5) is 40.9. The van der Waals surface area contributed by atoms with Crippen LogP contribution in [0, 0.1) is 0 Å². The highest BCUT2D eigenvalue weighted by Crippen LogP contribution is 2.28. The number of urea groups is 1. The van der Waals surface area contributed by atoms with Gasteiger partial charge in [-0.05, 0) is 54.6 Å². The third-order valence-electron chi connectivity index (χ3n) is 4.44. The minimum atomic E-state index is -1.15. The molecule has 0 bridgehead atoms. The van der Waals surface area contributed by atoms with Crippen molar-refractivity contribution in [3.63, 3.8) is 0 Å². The number of anilines is 1. The molecule has 9 heteroatoms. The number of aliphatic imine (C=N–C) groups is 1. The highest BCUT2D eigenvalue weighted by molar-refractivity contribution is 6.54. The first-order chi connectivity index (χ1) is 14.3. The Morgan fingerprint density at radius 1 is 1.03 bits per heavy atom. The predicted molar refractivity (Wildman–Crippen MR) is 112 cm³/mol. The zero-order valence-electron chi connectivity index (χ0n) is 15.1. The van der Waals surface area contributed by atoms with Crippen molar-refractivity contribution < 1.29 is 23.9 Å². The molecule has 2 heterocycles. The van der Waals surface area contributed by atoms with Gasteiger partial charge >= 0.3 is 12.0 Å². The van der Waals surface area contributed by atoms with Gasteiger partial charge in [0, 0.05) is 10.6 Å². The summed E-state index contributed by atoms with van der Waals surface area (Å²) in [5.41, 5.74) is 0.877. The Kier molecular flexibility index (Phi) is 5.15. The van der Waals surface area contributed by atoms with E-state index in [9.17, 15) is 19.5 Å². The number of furan rings is 1. The van der Waals surface area contributed by atoms with Crippen LogP contribution in [0.15, 0.2) is 64.0 Å². The number of rotatable bonds is 5. The van der Waals surface area contributed by atoms with Crippen molar-refractivity contribution in [1.29, 1.82) is 0 Å². The molecular formula is C21H12Cl2N2O5. The van der Waals surface area contributed by atoms with Crippen molar-refractivity contribution in [3.05, 3.63) is 76.0 Å². The van der Waals surface area contributed by atoms with Gasteiger partial charge in [-0.15, -0.1) is 0 Å². The van der Waals surface area contributed by atoms with E-state index in [0.29, 0.717) is 27.8 Å². The molecule has 3 amide bonds. The zero-order chi connectivity index (χ0) is 21.4. The zero-order valence-corrected chi connectivity index (χ0v) is 16.6. The largest absolute Gasteiger partial charge is 0.478 e. The van der Waals surface area contributed by atoms with Gasteiger partial charge in [0.2, 0.25) is 0 Å². The van der Waals surface area contributed by atoms with E-state index in [-0.39, 0.29) is 22.7 Å². The van der Waals surface area contributed by atoms with Crippen LogP contribution in [0.3, 0.4) is 0 Å². The highest BCUT2D eigenvalue weighted by Gasteiger charge is 2.34. The number of hydrogen-bond donors (Lipinski definition) is 1. The number of amides is 3. The van der Waals surface area contributed by atoms with Gasteiger partial charge in [0.05, 0.1) is 22.7 Å². The van der Waals surface area contributed by atoms with Gasteiger partial charge in [0.25, 0.3) is 5.91 Å². The molecule has 0 radical (unpaired) electrons. The van der Waals surface area contributed by atoms with Crippen LogP contribution in [-0.2, 0) is 11.2 Å². The van der Waals surface area contributed by atoms with Crippen LogP contribution in [0.25, 0.3) is 11.3 Å². The van der Waals surface area contributed by atoms with Gasteiger partial charge in [0.1, 0.15) is 17.2 Å². The maximum atomic E-state index is 12.7. The van der Waals surface area contributed by atoms with Crippen molar-refractivity contribution in [2.45, 2.75) is 6.42 Å². The molecule has 0 saturated carbocycles. The molecule has 1 aliphatic rings. The topological polar surface area (TPSA) is 100 Å². The van der Waals surface area contributed by atoms with Gasteiger partial charge in [-0.2, -0.15) is 4.99 Å². The number of nitrogens with zero attached hydrogens (tertiary/aromatic N) is 2. The molecule has 0 unspecified atom stereocenters. The third kappa shape index (κ3) is 3.72. The number of carboxylic acid groups (broad SMARTS) is 1. The molecule has 1 N–H and O–H groups in total. The first-order valence-corrected chi connectivity index (χ1v) is 9.42. The summed E-state index contributed by atoms with van der Waals surface area (Å²) in [6.07, 6.45) is 0.00798. The van der Waals surface area contributed by atoms with Crippen molar-refractivity contribution in [3.8, 4) is 11.3 Å². The fourth-order valence-electron chi connectivity index (χ4n) is 3.00. The molecule has 0 atom stereocenters. The van der Waals surface area contributed by atoms with Crippen LogP contribution in [-0.4, -0.2) is 28.7 Å². The molecule has 1 aromatic heterocycles. The SMILES string of the molecule is O=C(O)c1cc(-c2ccc(CC3=NC(=O)N(c4ccc(Cl)cc4)C3=O)o2)ccc1Cl. The lowest BCUT2D eigenvalue weighted by Gasteiger charge is -2.12. The Labute approximate surface area is 180 Å². The van der Waals surface area contributed by atoms with Gasteiger partial charge in [-0.1, -0.05) is 23.2 Å². The van der Waals surface area contributed by atoms with E-state index in [2.05, 4.69) is 4.99 Å². The maximum Gasteiger partial charge on any atom is 0.355 e. The number of halogens is 2. The van der Waals surface area contributed by atoms with Crippen LogP contribution in [0.1, 0.15) is 16.1 Å². The number of imide groups is 1. The average Bonchev–Trinajstić information content (AvgIpc) is 3.28. The first kappa shape index (κ1) is 19.9. The lowest BCUT2D eigenvalue weighted by Crippen LogP contribution is -2.33. The maximum absolute atomic E-state index is 12.7. The minimum absolute atomic E-state index is 0.00798. The molecule has 0 spiro atoms. The van der Waals surface area contributed by atoms with Crippen LogP contribution < -0.4 is 4.90 Å². The summed E-state index contributed by atoms with van der Waals surface area (Å²) in [7, 11) is 0. The second-order valence-corrected chi connectivity index (χ2v) is 7.24. The van der Waals surface area contributed by atoms with E-state index in [4.69, 9.17) is 27.6 Å². The molecule has 30 heavy (non-hydrogen) atoms. The number of carboxylic acids is 1. The molecule has 1 aliphatic heterocycles. The number of carbonyl (C=O) groups is 3. The van der Waals surface area contributed by atoms with E-state index in [1.165, 1.54) is 12.1 Å². The quantitative estimate of drug-likeness (QED) is 0.591. The lowest BCUT2D eigenvalue weighted by atomic mass is 10.1. The Bertz CT molecular complexity index is 1210. The molecule has 3 aromatic rings. The standard InChI is InChI=1S/C21H12Cl2N2O5/c22-12-2-4-13(5-3-12)25-19(26)17(24-21(25)29)10-14-6-8-18(30-14)11-1-7-16(23)15(9-11)20(27)28/h1-9H,10H2,(H,27,28). The minimum Gasteiger partial charge on any atom is -0.478 e. The third-order valence-corrected chi connectivity index (χ3v) is 5.02. The van der Waals surface area contributed by atoms with Crippen molar-refractivity contribution >= 4 is 52.5 Å². The molecule has 0 aliphatic carbocycles. The Morgan fingerprint density at radius 3 is 2.47 bits per heavy atom. The Hall–Kier alpha value is -3.42. The molecule has 7 nitrogen and oxygen atoms in total. The van der Waals surface area contributed by atoms with Gasteiger partial charge < -0.3 is 9.52 Å². The molecule has 0 fully saturated rings. The number of benzene rings is 2. The van der Waals surface area contributed by atoms with E-state index in [0.717, 1.165) is 4.90 Å². The molecular weight excluding hydrogens is 431 g/mol. The predicted octanol–water partition coefficient (Wildman–Crippen LogP) is 5.10. The monoisotopic (exact) mass is 442 g/mol. The highest BCUT2D eigenvalue weighted by atomic mass is 35.5. The molecule has 4 rings (SSSR count). The summed E-state index contributed by atoms with van der Waals surface area (Å²) < 4.78 is 5.73. The first-order valence-electron chi connectivity index (χ1n) is 8.67. The fourth-order valence-corrected chi connectivity index (χ4v) is 3.32. The van der Waals surface area contributed by atoms with E-state index < -0.39 is 17.9 Å². The normalized spacial score (nSPS) is 13.7. The lowest BCUT2D eigenvalue weighted by molar-refractivity contribution is -0.111. The smallest absolute Gasteiger partial charge is 0.355 e.